The van der Waals surface area contributed by atoms with Crippen molar-refractivity contribution in [1.29, 1.82) is 0 Å². The van der Waals surface area contributed by atoms with Crippen LogP contribution >= 0.6 is 0 Å². The van der Waals surface area contributed by atoms with Gasteiger partial charge in [-0.15, -0.1) is 0 Å². The molecule has 1 aliphatic rings. The molecular formula is C59H74N14O13. The van der Waals surface area contributed by atoms with Crippen LogP contribution in [0.15, 0.2) is 103 Å². The van der Waals surface area contributed by atoms with E-state index >= 15 is 0 Å². The van der Waals surface area contributed by atoms with Gasteiger partial charge in [-0.05, 0) is 86.1 Å². The molecule has 27 heteroatoms. The number of phenolic OH excluding ortho intramolecular Hbond substituents is 1. The lowest BCUT2D eigenvalue weighted by atomic mass is 10.0. The number of nitrogens with zero attached hydrogens (tertiary/aromatic N) is 1. The summed E-state index contributed by atoms with van der Waals surface area (Å²) in [6.45, 7) is 3.19. The Kier molecular flexibility index (Phi) is 24.4. The summed E-state index contributed by atoms with van der Waals surface area (Å²) >= 11 is 0. The summed E-state index contributed by atoms with van der Waals surface area (Å²) in [5, 5.41) is 44.3. The molecule has 0 spiro atoms. The number of nitrogen functional groups attached to an aromatic ring is 1. The smallest absolute Gasteiger partial charge is 0.305 e. The maximum Gasteiger partial charge on any atom is 0.305 e. The van der Waals surface area contributed by atoms with Gasteiger partial charge < -0.3 is 74.2 Å². The summed E-state index contributed by atoms with van der Waals surface area (Å²) in [6, 6.07) is 13.1. The molecule has 1 fully saturated rings. The number of nitrogens with one attached hydrogen (secondary N) is 11. The molecule has 0 radical (unpaired) electrons. The zero-order valence-corrected chi connectivity index (χ0v) is 47.6. The van der Waals surface area contributed by atoms with Crippen LogP contribution in [0.5, 0.6) is 5.75 Å². The third-order valence-electron chi connectivity index (χ3n) is 14.3. The Balaban J connectivity index is 1.28. The minimum atomic E-state index is -1.75. The average Bonchev–Trinajstić information content (AvgIpc) is 3.15. The molecule has 27 nitrogen and oxygen atoms in total. The van der Waals surface area contributed by atoms with Crippen LogP contribution in [0.1, 0.15) is 98.7 Å². The van der Waals surface area contributed by atoms with Crippen molar-refractivity contribution >= 4 is 81.8 Å². The van der Waals surface area contributed by atoms with Crippen LogP contribution in [0.25, 0.3) is 10.9 Å². The van der Waals surface area contributed by atoms with Crippen molar-refractivity contribution < 1.29 is 63.0 Å². The number of H-pyrrole nitrogens is 1. The van der Waals surface area contributed by atoms with Gasteiger partial charge in [0.25, 0.3) is 5.91 Å². The number of carboxylic acid groups (broad SMARTS) is 1. The number of aliphatic carboxylic acids is 1. The number of carbonyl (C=O) groups excluding carboxylic acids is 10. The van der Waals surface area contributed by atoms with Gasteiger partial charge in [-0.3, -0.25) is 52.7 Å². The van der Waals surface area contributed by atoms with E-state index in [9.17, 15) is 63.0 Å². The number of fused-ring (bicyclic) bond motifs is 1. The number of unbranched alkanes of at least 4 members (excludes halogenated alkanes) is 1. The quantitative estimate of drug-likeness (QED) is 0.0303. The van der Waals surface area contributed by atoms with Gasteiger partial charge in [0.1, 0.15) is 59.9 Å². The molecule has 1 aliphatic heterocycles. The van der Waals surface area contributed by atoms with E-state index in [1.807, 2.05) is 6.92 Å². The molecule has 0 bridgehead atoms. The van der Waals surface area contributed by atoms with Gasteiger partial charge in [0.05, 0.1) is 12.0 Å². The lowest BCUT2D eigenvalue weighted by Crippen LogP contribution is -2.60. The van der Waals surface area contributed by atoms with Crippen LogP contribution in [0.3, 0.4) is 0 Å². The number of nitrogens with two attached hydrogens (primary N) is 2. The number of phenols is 1. The molecule has 3 aromatic carbocycles. The van der Waals surface area contributed by atoms with E-state index in [0.29, 0.717) is 40.4 Å². The first kappa shape index (κ1) is 65.2. The summed E-state index contributed by atoms with van der Waals surface area (Å²) in [4.78, 5) is 158. The highest BCUT2D eigenvalue weighted by Crippen LogP contribution is 2.21. The number of amides is 10. The highest BCUT2D eigenvalue weighted by Gasteiger charge is 2.35. The SMILES string of the molecule is CCCC[C@@H](NC(=O)[C@H](Cc1c[nH]c2ccccc12)NC(=O)[C@H]1CCCCNC(=O)[C@H](NC(=O)c2ccc(NN)nc2)CCC(=O)N[C@@H](C)C(=O)N[C@@H](Cc2ccc(O)cc2)C(=O)N1)C(=O)N[C@@H](CC(=O)O)C(=O)N[C@@H](Cc1ccccc1)C(N)=O. The normalized spacial score (nSPS) is 18.5. The van der Waals surface area contributed by atoms with Crippen molar-refractivity contribution in [3.05, 3.63) is 126 Å². The van der Waals surface area contributed by atoms with Crippen molar-refractivity contribution in [2.75, 3.05) is 12.0 Å². The first-order valence-electron chi connectivity index (χ1n) is 28.2. The highest BCUT2D eigenvalue weighted by molar-refractivity contribution is 6.00. The summed E-state index contributed by atoms with van der Waals surface area (Å²) in [5.41, 5.74) is 10.4. The Morgan fingerprint density at radius 3 is 2.09 bits per heavy atom. The Labute approximate surface area is 495 Å². The molecule has 1 saturated heterocycles. The average molecular weight is 1190 g/mol. The second kappa shape index (κ2) is 32.2. The number of aromatic nitrogens is 2. The molecule has 86 heavy (non-hydrogen) atoms. The third kappa shape index (κ3) is 19.9. The van der Waals surface area contributed by atoms with E-state index < -0.39 is 120 Å². The highest BCUT2D eigenvalue weighted by atomic mass is 16.4. The number of hydrazine groups is 1. The topological polar surface area (TPSA) is 429 Å². The van der Waals surface area contributed by atoms with Crippen LogP contribution in [-0.4, -0.2) is 140 Å². The maximum absolute atomic E-state index is 14.9. The Morgan fingerprint density at radius 2 is 1.41 bits per heavy atom. The molecular weight excluding hydrogens is 1110 g/mol. The number of para-hydroxylation sites is 1. The van der Waals surface area contributed by atoms with Crippen LogP contribution in [0.4, 0.5) is 5.82 Å². The predicted octanol–water partition coefficient (Wildman–Crippen LogP) is 0.0246. The number of aromatic amines is 1. The summed E-state index contributed by atoms with van der Waals surface area (Å²) in [6.07, 6.45) is 2.14. The molecule has 0 unspecified atom stereocenters. The fourth-order valence-electron chi connectivity index (χ4n) is 9.45. The second-order valence-corrected chi connectivity index (χ2v) is 20.9. The summed E-state index contributed by atoms with van der Waals surface area (Å²) < 4.78 is 0. The molecule has 10 amide bonds. The van der Waals surface area contributed by atoms with Gasteiger partial charge in [0.2, 0.25) is 53.2 Å². The zero-order chi connectivity index (χ0) is 62.3. The molecule has 6 rings (SSSR count). The molecule has 3 heterocycles. The van der Waals surface area contributed by atoms with Gasteiger partial charge in [-0.1, -0.05) is 80.4 Å². The van der Waals surface area contributed by atoms with E-state index in [1.165, 1.54) is 49.5 Å². The number of benzene rings is 3. The van der Waals surface area contributed by atoms with Gasteiger partial charge in [0.15, 0.2) is 0 Å². The van der Waals surface area contributed by atoms with Crippen molar-refractivity contribution in [3.63, 3.8) is 0 Å². The third-order valence-corrected chi connectivity index (χ3v) is 14.3. The fourth-order valence-corrected chi connectivity index (χ4v) is 9.45. The van der Waals surface area contributed by atoms with Crippen molar-refractivity contribution in [1.82, 2.24) is 57.8 Å². The molecule has 0 saturated carbocycles. The monoisotopic (exact) mass is 1190 g/mol. The Morgan fingerprint density at radius 1 is 0.721 bits per heavy atom. The predicted molar refractivity (Wildman–Crippen MR) is 314 cm³/mol. The van der Waals surface area contributed by atoms with Crippen LogP contribution in [0.2, 0.25) is 0 Å². The summed E-state index contributed by atoms with van der Waals surface area (Å²) in [5.74, 6) is -4.20. The maximum atomic E-state index is 14.9. The Bertz CT molecular complexity index is 3200. The van der Waals surface area contributed by atoms with E-state index in [4.69, 9.17) is 11.6 Å². The number of aromatic hydroxyl groups is 1. The molecule has 17 N–H and O–H groups in total. The minimum Gasteiger partial charge on any atom is -0.508 e. The van der Waals surface area contributed by atoms with Crippen LogP contribution in [0, 0.1) is 0 Å². The van der Waals surface area contributed by atoms with Gasteiger partial charge >= 0.3 is 5.97 Å². The number of anilines is 1. The molecule has 8 atom stereocenters. The van der Waals surface area contributed by atoms with Crippen molar-refractivity contribution in [2.24, 2.45) is 11.6 Å². The first-order chi connectivity index (χ1) is 41.2. The number of hydrogen-bond donors (Lipinski definition) is 15. The number of rotatable bonds is 23. The van der Waals surface area contributed by atoms with E-state index in [2.05, 4.69) is 63.2 Å². The lowest BCUT2D eigenvalue weighted by molar-refractivity contribution is -0.141. The van der Waals surface area contributed by atoms with Gasteiger partial charge in [0, 0.05) is 55.5 Å². The fraction of sp³-hybridized carbons (Fsp3) is 0.390. The van der Waals surface area contributed by atoms with Crippen LogP contribution < -0.4 is 64.9 Å². The number of carboxylic acids is 1. The zero-order valence-electron chi connectivity index (χ0n) is 47.6. The summed E-state index contributed by atoms with van der Waals surface area (Å²) in [7, 11) is 0. The first-order valence-corrected chi connectivity index (χ1v) is 28.2. The van der Waals surface area contributed by atoms with Gasteiger partial charge in [-0.2, -0.15) is 0 Å². The minimum absolute atomic E-state index is 0.00409. The Hall–Kier alpha value is -9.92. The van der Waals surface area contributed by atoms with Crippen LogP contribution in [-0.2, 0) is 67.2 Å². The molecule has 5 aromatic rings. The molecule has 458 valence electrons. The second-order valence-electron chi connectivity index (χ2n) is 20.9. The number of carbonyl (C=O) groups is 11. The molecule has 0 aliphatic carbocycles. The van der Waals surface area contributed by atoms with E-state index in [-0.39, 0.29) is 81.5 Å². The van der Waals surface area contributed by atoms with E-state index in [1.54, 1.807) is 60.8 Å². The molecule has 2 aromatic heterocycles. The number of hydrogen-bond acceptors (Lipinski definition) is 15. The number of pyridine rings is 1. The lowest BCUT2D eigenvalue weighted by Gasteiger charge is -2.28. The van der Waals surface area contributed by atoms with Crippen molar-refractivity contribution in [2.45, 2.75) is 139 Å². The van der Waals surface area contributed by atoms with Gasteiger partial charge in [-0.25, -0.2) is 10.8 Å². The largest absolute Gasteiger partial charge is 0.508 e. The standard InChI is InChI=1S/C59H74N14O13/c1-3-4-15-41(55(82)72-47(30-50(76)77)59(86)69-44(51(60)78)27-34-12-6-5-7-13-34)67-58(85)46(29-37-32-63-40-16-9-8-14-39(37)40)71-56(83)42-17-10-11-26-62-54(81)43(66-53(80)36-20-24-48(73-61)64-31-36)23-25-49(75)65-33(2)52(79)70-45(57(84)68-42)28-35-18-21-38(74)22-19-35/h5-9,12-14,16,18-22,24,31-33,41-47,63,74H,3-4,10-11,15,17,23,25-30,61H2,1-2H3,(H2,60,78)(H,62,81)(H,64,73)(H,65,75)(H,66,80)(H,67,85)(H,68,84)(H,69,86)(H,70,79)(H,71,83)(H,72,82)(H,76,77)/t33-,41+,42+,43+,44-,45-,46-,47-/m0/s1. The van der Waals surface area contributed by atoms with E-state index in [0.717, 1.165) is 0 Å². The number of primary amides is 1. The van der Waals surface area contributed by atoms with Crippen molar-refractivity contribution in [3.8, 4) is 5.75 Å².